The van der Waals surface area contributed by atoms with Gasteiger partial charge in [0.05, 0.1) is 6.10 Å². The van der Waals surface area contributed by atoms with Gasteiger partial charge in [0.1, 0.15) is 10.0 Å². The molecule has 1 aromatic heterocycles. The van der Waals surface area contributed by atoms with E-state index in [1.165, 1.54) is 11.5 Å². The van der Waals surface area contributed by atoms with Crippen molar-refractivity contribution in [1.29, 1.82) is 0 Å². The molecular weight excluding hydrogens is 320 g/mol. The maximum Gasteiger partial charge on any atom is 0.138 e. The van der Waals surface area contributed by atoms with Crippen molar-refractivity contribution in [2.24, 2.45) is 0 Å². The zero-order valence-corrected chi connectivity index (χ0v) is 13.8. The summed E-state index contributed by atoms with van der Waals surface area (Å²) in [4.78, 5) is 4.63. The number of nitrogens with zero attached hydrogens (tertiary/aromatic N) is 4. The van der Waals surface area contributed by atoms with Gasteiger partial charge in [0, 0.05) is 50.8 Å². The molecule has 1 fully saturated rings. The number of aromatic nitrogens is 2. The summed E-state index contributed by atoms with van der Waals surface area (Å²) >= 11 is 7.28. The van der Waals surface area contributed by atoms with Crippen LogP contribution in [0.3, 0.4) is 0 Å². The fourth-order valence-corrected chi connectivity index (χ4v) is 3.27. The zero-order valence-electron chi connectivity index (χ0n) is 12.2. The molecule has 1 aromatic carbocycles. The van der Waals surface area contributed by atoms with Gasteiger partial charge in [-0.25, -0.2) is 0 Å². The number of piperazine rings is 1. The third-order valence-electron chi connectivity index (χ3n) is 3.96. The Morgan fingerprint density at radius 1 is 1.14 bits per heavy atom. The molecule has 1 aliphatic heterocycles. The molecule has 7 heteroatoms. The van der Waals surface area contributed by atoms with Gasteiger partial charge in [-0.1, -0.05) is 46.4 Å². The van der Waals surface area contributed by atoms with Crippen LogP contribution in [-0.2, 0) is 6.54 Å². The van der Waals surface area contributed by atoms with Crippen molar-refractivity contribution in [2.75, 3.05) is 32.7 Å². The van der Waals surface area contributed by atoms with E-state index in [0.717, 1.165) is 44.0 Å². The zero-order chi connectivity index (χ0) is 15.4. The second-order valence-corrected chi connectivity index (χ2v) is 6.85. The van der Waals surface area contributed by atoms with E-state index in [1.807, 2.05) is 30.3 Å². The topological polar surface area (TPSA) is 52.5 Å². The second-order valence-electron chi connectivity index (χ2n) is 5.50. The number of aliphatic hydroxyl groups excluding tert-OH is 1. The van der Waals surface area contributed by atoms with Gasteiger partial charge >= 0.3 is 0 Å². The molecule has 3 rings (SSSR count). The largest absolute Gasteiger partial charge is 0.387 e. The molecule has 0 spiro atoms. The molecule has 1 aliphatic rings. The van der Waals surface area contributed by atoms with Gasteiger partial charge in [-0.3, -0.25) is 9.80 Å². The monoisotopic (exact) mass is 338 g/mol. The van der Waals surface area contributed by atoms with E-state index in [2.05, 4.69) is 19.4 Å². The summed E-state index contributed by atoms with van der Waals surface area (Å²) in [7, 11) is 0. The molecule has 1 N–H and O–H groups in total. The lowest BCUT2D eigenvalue weighted by Crippen LogP contribution is -2.47. The maximum absolute atomic E-state index is 10.3. The van der Waals surface area contributed by atoms with E-state index in [-0.39, 0.29) is 0 Å². The Kier molecular flexibility index (Phi) is 5.38. The minimum atomic E-state index is -0.426. The van der Waals surface area contributed by atoms with Crippen LogP contribution >= 0.6 is 23.1 Å². The van der Waals surface area contributed by atoms with Gasteiger partial charge in [-0.15, -0.1) is 5.10 Å². The number of hydrogen-bond donors (Lipinski definition) is 1. The predicted molar refractivity (Wildman–Crippen MR) is 88.0 cm³/mol. The number of halogens is 1. The molecule has 0 aliphatic carbocycles. The lowest BCUT2D eigenvalue weighted by molar-refractivity contribution is 0.0697. The predicted octanol–water partition coefficient (Wildman–Crippen LogP) is 2.04. The van der Waals surface area contributed by atoms with Crippen molar-refractivity contribution in [3.63, 3.8) is 0 Å². The van der Waals surface area contributed by atoms with E-state index in [0.29, 0.717) is 10.9 Å². The maximum atomic E-state index is 10.3. The van der Waals surface area contributed by atoms with Crippen LogP contribution in [-0.4, -0.2) is 57.2 Å². The van der Waals surface area contributed by atoms with Gasteiger partial charge in [-0.2, -0.15) is 0 Å². The molecule has 1 saturated heterocycles. The van der Waals surface area contributed by atoms with E-state index in [4.69, 9.17) is 11.6 Å². The molecule has 1 atom stereocenters. The van der Waals surface area contributed by atoms with Crippen molar-refractivity contribution < 1.29 is 5.11 Å². The molecule has 118 valence electrons. The summed E-state index contributed by atoms with van der Waals surface area (Å²) in [6.07, 6.45) is -0.426. The van der Waals surface area contributed by atoms with Gasteiger partial charge in [0.15, 0.2) is 0 Å². The number of benzene rings is 1. The molecule has 2 aromatic rings. The summed E-state index contributed by atoms with van der Waals surface area (Å²) in [5, 5.41) is 14.4. The van der Waals surface area contributed by atoms with Crippen molar-refractivity contribution in [3.8, 4) is 0 Å². The minimum absolute atomic E-state index is 0.426. The van der Waals surface area contributed by atoms with Crippen LogP contribution in [0.25, 0.3) is 0 Å². The third-order valence-corrected chi connectivity index (χ3v) is 4.95. The fourth-order valence-electron chi connectivity index (χ4n) is 2.66. The van der Waals surface area contributed by atoms with Crippen molar-refractivity contribution >= 4 is 23.1 Å². The van der Waals surface area contributed by atoms with E-state index in [1.54, 1.807) is 0 Å². The first kappa shape index (κ1) is 15.8. The molecule has 0 unspecified atom stereocenters. The number of β-amino-alcohol motifs (C(OH)–C–C–N with tert-alkyl or cyclic N) is 1. The Bertz CT molecular complexity index is 586. The van der Waals surface area contributed by atoms with E-state index < -0.39 is 6.10 Å². The fraction of sp³-hybridized carbons (Fsp3) is 0.467. The molecule has 0 saturated carbocycles. The standard InChI is InChI=1S/C15H19ClN4OS/c16-15-13(17-18-22-15)10-19-6-8-20(9-7-19)11-14(21)12-4-2-1-3-5-12/h1-5,14,21H,6-11H2/t14-/m0/s1. The summed E-state index contributed by atoms with van der Waals surface area (Å²) in [6.45, 7) is 5.23. The first-order valence-corrected chi connectivity index (χ1v) is 8.52. The SMILES string of the molecule is O[C@@H](CN1CCN(Cc2nnsc2Cl)CC1)c1ccccc1. The highest BCUT2D eigenvalue weighted by molar-refractivity contribution is 7.10. The van der Waals surface area contributed by atoms with Crippen LogP contribution in [0.2, 0.25) is 4.34 Å². The van der Waals surface area contributed by atoms with E-state index >= 15 is 0 Å². The Morgan fingerprint density at radius 3 is 2.45 bits per heavy atom. The van der Waals surface area contributed by atoms with Gasteiger partial charge in [-0.05, 0) is 5.56 Å². The highest BCUT2D eigenvalue weighted by Gasteiger charge is 2.21. The van der Waals surface area contributed by atoms with Gasteiger partial charge < -0.3 is 5.11 Å². The Hall–Kier alpha value is -1.05. The summed E-state index contributed by atoms with van der Waals surface area (Å²) in [5.41, 5.74) is 1.84. The molecular formula is C15H19ClN4OS. The molecule has 0 bridgehead atoms. The van der Waals surface area contributed by atoms with Crippen molar-refractivity contribution in [2.45, 2.75) is 12.6 Å². The molecule has 5 nitrogen and oxygen atoms in total. The smallest absolute Gasteiger partial charge is 0.138 e. The minimum Gasteiger partial charge on any atom is -0.387 e. The van der Waals surface area contributed by atoms with Crippen molar-refractivity contribution in [1.82, 2.24) is 19.4 Å². The third kappa shape index (κ3) is 4.02. The summed E-state index contributed by atoms with van der Waals surface area (Å²) < 4.78 is 4.55. The van der Waals surface area contributed by atoms with Crippen molar-refractivity contribution in [3.05, 3.63) is 45.9 Å². The molecule has 22 heavy (non-hydrogen) atoms. The summed E-state index contributed by atoms with van der Waals surface area (Å²) in [5.74, 6) is 0. The quantitative estimate of drug-likeness (QED) is 0.904. The van der Waals surface area contributed by atoms with Crippen LogP contribution < -0.4 is 0 Å². The first-order valence-electron chi connectivity index (χ1n) is 7.37. The average Bonchev–Trinajstić information content (AvgIpc) is 2.95. The highest BCUT2D eigenvalue weighted by Crippen LogP contribution is 2.20. The van der Waals surface area contributed by atoms with Crippen LogP contribution in [0.1, 0.15) is 17.4 Å². The van der Waals surface area contributed by atoms with Crippen LogP contribution in [0, 0.1) is 0 Å². The average molecular weight is 339 g/mol. The Balaban J connectivity index is 1.47. The summed E-state index contributed by atoms with van der Waals surface area (Å²) in [6, 6.07) is 9.83. The Morgan fingerprint density at radius 2 is 1.82 bits per heavy atom. The molecule has 2 heterocycles. The van der Waals surface area contributed by atoms with Gasteiger partial charge in [0.25, 0.3) is 0 Å². The van der Waals surface area contributed by atoms with Crippen LogP contribution in [0.4, 0.5) is 0 Å². The number of hydrogen-bond acceptors (Lipinski definition) is 6. The molecule has 0 amide bonds. The number of rotatable bonds is 5. The lowest BCUT2D eigenvalue weighted by Gasteiger charge is -2.35. The normalized spacial score (nSPS) is 18.5. The highest BCUT2D eigenvalue weighted by atomic mass is 35.5. The van der Waals surface area contributed by atoms with Crippen LogP contribution in [0.15, 0.2) is 30.3 Å². The lowest BCUT2D eigenvalue weighted by atomic mass is 10.1. The molecule has 0 radical (unpaired) electrons. The second kappa shape index (κ2) is 7.48. The van der Waals surface area contributed by atoms with Crippen LogP contribution in [0.5, 0.6) is 0 Å². The Labute approximate surface area is 139 Å². The number of aliphatic hydroxyl groups is 1. The van der Waals surface area contributed by atoms with Gasteiger partial charge in [0.2, 0.25) is 0 Å². The van der Waals surface area contributed by atoms with E-state index in [9.17, 15) is 5.11 Å². The first-order chi connectivity index (χ1) is 10.7.